The topological polar surface area (TPSA) is 163 Å². The first-order valence-electron chi connectivity index (χ1n) is 13.7. The minimum atomic E-state index is -3.59. The maximum Gasteiger partial charge on any atom is 0.410 e. The molecule has 0 atom stereocenters. The minimum Gasteiger partial charge on any atom is -0.481 e. The first kappa shape index (κ1) is 30.5. The Morgan fingerprint density at radius 2 is 1.79 bits per heavy atom. The molecule has 1 aliphatic heterocycles. The fourth-order valence-electron chi connectivity index (χ4n) is 4.86. The molecule has 1 aliphatic carbocycles. The summed E-state index contributed by atoms with van der Waals surface area (Å²) in [4.78, 5) is 35.5. The van der Waals surface area contributed by atoms with Crippen LogP contribution in [0.3, 0.4) is 0 Å². The molecule has 2 aliphatic rings. The Morgan fingerprint density at radius 1 is 1.09 bits per heavy atom. The van der Waals surface area contributed by atoms with E-state index >= 15 is 0 Å². The molecule has 0 saturated heterocycles. The smallest absolute Gasteiger partial charge is 0.410 e. The number of aliphatic carboxylic acids is 1. The molecule has 2 heterocycles. The molecule has 1 amide bonds. The molecule has 0 radical (unpaired) electrons. The monoisotopic (exact) mass is 628 g/mol. The molecule has 228 valence electrons. The number of nitrogens with one attached hydrogen (secondary N) is 3. The van der Waals surface area contributed by atoms with Crippen LogP contribution in [0.2, 0.25) is 5.02 Å². The number of fused-ring (bicyclic) bond motifs is 1. The molecule has 43 heavy (non-hydrogen) atoms. The lowest BCUT2D eigenvalue weighted by Crippen LogP contribution is -2.39. The maximum absolute atomic E-state index is 12.6. The zero-order valence-corrected chi connectivity index (χ0v) is 25.8. The molecule has 3 aromatic rings. The molecule has 4 N–H and O–H groups in total. The Balaban J connectivity index is 1.42. The van der Waals surface area contributed by atoms with Gasteiger partial charge in [-0.15, -0.1) is 0 Å². The number of ether oxygens (including phenoxy) is 1. The Labute approximate surface area is 254 Å². The molecule has 0 bridgehead atoms. The normalized spacial score (nSPS) is 15.8. The fourth-order valence-corrected chi connectivity index (χ4v) is 5.82. The van der Waals surface area contributed by atoms with Crippen molar-refractivity contribution in [3.63, 3.8) is 0 Å². The van der Waals surface area contributed by atoms with Crippen molar-refractivity contribution in [3.8, 4) is 0 Å². The van der Waals surface area contributed by atoms with Crippen molar-refractivity contribution in [2.75, 3.05) is 24.2 Å². The number of carboxylic acids is 1. The summed E-state index contributed by atoms with van der Waals surface area (Å²) < 4.78 is 31.9. The highest BCUT2D eigenvalue weighted by molar-refractivity contribution is 7.89. The van der Waals surface area contributed by atoms with Crippen molar-refractivity contribution in [1.82, 2.24) is 19.6 Å². The minimum absolute atomic E-state index is 0.104. The summed E-state index contributed by atoms with van der Waals surface area (Å²) in [5.74, 6) is -0.487. The summed E-state index contributed by atoms with van der Waals surface area (Å²) in [5.41, 5.74) is 1.71. The van der Waals surface area contributed by atoms with Crippen molar-refractivity contribution in [2.24, 2.45) is 0 Å². The molecule has 0 spiro atoms. The average Bonchev–Trinajstić information content (AvgIpc) is 3.75. The highest BCUT2D eigenvalue weighted by Gasteiger charge is 2.54. The molecule has 0 unspecified atom stereocenters. The Hall–Kier alpha value is -3.94. The number of benzene rings is 2. The molecule has 14 heteroatoms. The first-order valence-corrected chi connectivity index (χ1v) is 15.5. The third-order valence-corrected chi connectivity index (χ3v) is 9.10. The number of carbonyl (C=O) groups excluding carboxylic acids is 1. The zero-order chi connectivity index (χ0) is 31.2. The predicted octanol–water partition coefficient (Wildman–Crippen LogP) is 4.93. The van der Waals surface area contributed by atoms with E-state index in [0.29, 0.717) is 60.1 Å². The first-order chi connectivity index (χ1) is 20.2. The average molecular weight is 629 g/mol. The number of carbonyl (C=O) groups is 2. The van der Waals surface area contributed by atoms with Crippen LogP contribution in [0.15, 0.2) is 47.5 Å². The van der Waals surface area contributed by atoms with Gasteiger partial charge in [0.25, 0.3) is 0 Å². The van der Waals surface area contributed by atoms with Crippen LogP contribution in [0.4, 0.5) is 27.9 Å². The van der Waals surface area contributed by atoms with Crippen molar-refractivity contribution in [1.29, 1.82) is 0 Å². The number of hydrogen-bond acceptors (Lipinski definition) is 9. The van der Waals surface area contributed by atoms with Crippen molar-refractivity contribution < 1.29 is 27.9 Å². The van der Waals surface area contributed by atoms with Crippen molar-refractivity contribution in [3.05, 3.63) is 64.3 Å². The SMILES string of the molecule is CNS(=O)(=O)c1ccc(Nc2ncc(C3(C(=O)O)CC3)c(Nc3cc4c(cc3Cl)CN(C(=O)OC(C)(C)C)CC4)n2)cc1. The second-order valence-electron chi connectivity index (χ2n) is 11.6. The lowest BCUT2D eigenvalue weighted by molar-refractivity contribution is -0.140. The quantitative estimate of drug-likeness (QED) is 0.269. The molecular weight excluding hydrogens is 596 g/mol. The number of aromatic nitrogens is 2. The van der Waals surface area contributed by atoms with Gasteiger partial charge in [0.05, 0.1) is 21.0 Å². The number of carboxylic acid groups (broad SMARTS) is 1. The van der Waals surface area contributed by atoms with E-state index in [0.717, 1.165) is 11.1 Å². The van der Waals surface area contributed by atoms with Gasteiger partial charge in [0, 0.05) is 30.5 Å². The molecular formula is C29H33ClN6O6S. The van der Waals surface area contributed by atoms with E-state index in [1.807, 2.05) is 26.8 Å². The lowest BCUT2D eigenvalue weighted by atomic mass is 9.97. The second kappa shape index (κ2) is 11.3. The van der Waals surface area contributed by atoms with Crippen LogP contribution in [-0.2, 0) is 37.9 Å². The van der Waals surface area contributed by atoms with Gasteiger partial charge in [-0.3, -0.25) is 4.79 Å². The second-order valence-corrected chi connectivity index (χ2v) is 13.9. The van der Waals surface area contributed by atoms with Gasteiger partial charge < -0.3 is 25.4 Å². The van der Waals surface area contributed by atoms with Crippen LogP contribution >= 0.6 is 11.6 Å². The summed E-state index contributed by atoms with van der Waals surface area (Å²) in [6, 6.07) is 9.74. The van der Waals surface area contributed by atoms with Gasteiger partial charge in [-0.05, 0) is 94.6 Å². The molecule has 1 aromatic heterocycles. The summed E-state index contributed by atoms with van der Waals surface area (Å²) in [7, 11) is -2.25. The van der Waals surface area contributed by atoms with Crippen LogP contribution in [-0.4, -0.2) is 59.6 Å². The van der Waals surface area contributed by atoms with Crippen molar-refractivity contribution in [2.45, 2.75) is 62.5 Å². The standard InChI is InChI=1S/C29H33ClN6O6S/c1-28(2,3)42-27(39)36-12-9-17-14-23(22(30)13-18(17)16-36)34-24-21(29(10-11-29)25(37)38)15-32-26(35-24)33-19-5-7-20(8-6-19)43(40,41)31-4/h5-8,13-15,31H,9-12,16H2,1-4H3,(H,37,38)(H2,32,33,34,35). The van der Waals surface area contributed by atoms with Gasteiger partial charge in [-0.2, -0.15) is 4.98 Å². The van der Waals surface area contributed by atoms with E-state index in [1.165, 1.54) is 25.4 Å². The summed E-state index contributed by atoms with van der Waals surface area (Å²) in [6.45, 7) is 6.30. The third kappa shape index (κ3) is 6.53. The highest BCUT2D eigenvalue weighted by atomic mass is 35.5. The fraction of sp³-hybridized carbons (Fsp3) is 0.379. The number of anilines is 4. The largest absolute Gasteiger partial charge is 0.481 e. The third-order valence-electron chi connectivity index (χ3n) is 7.36. The highest BCUT2D eigenvalue weighted by Crippen LogP contribution is 2.51. The van der Waals surface area contributed by atoms with E-state index < -0.39 is 27.0 Å². The number of rotatable bonds is 8. The number of nitrogens with zero attached hydrogens (tertiary/aromatic N) is 3. The Morgan fingerprint density at radius 3 is 2.40 bits per heavy atom. The van der Waals surface area contributed by atoms with Crippen LogP contribution < -0.4 is 15.4 Å². The van der Waals surface area contributed by atoms with Crippen LogP contribution in [0.25, 0.3) is 0 Å². The van der Waals surface area contributed by atoms with E-state index in [1.54, 1.807) is 23.1 Å². The zero-order valence-electron chi connectivity index (χ0n) is 24.2. The van der Waals surface area contributed by atoms with Crippen molar-refractivity contribution >= 4 is 56.8 Å². The van der Waals surface area contributed by atoms with Crippen LogP contribution in [0.1, 0.15) is 50.3 Å². The summed E-state index contributed by atoms with van der Waals surface area (Å²) in [5, 5.41) is 16.7. The van der Waals surface area contributed by atoms with Gasteiger partial charge in [0.1, 0.15) is 11.4 Å². The van der Waals surface area contributed by atoms with Crippen LogP contribution in [0, 0.1) is 0 Å². The summed E-state index contributed by atoms with van der Waals surface area (Å²) >= 11 is 6.70. The van der Waals surface area contributed by atoms with Gasteiger partial charge in [-0.1, -0.05) is 11.6 Å². The molecule has 12 nitrogen and oxygen atoms in total. The van der Waals surface area contributed by atoms with Crippen LogP contribution in [0.5, 0.6) is 0 Å². The summed E-state index contributed by atoms with van der Waals surface area (Å²) in [6.07, 6.45) is 2.59. The van der Waals surface area contributed by atoms with Gasteiger partial charge in [0.15, 0.2) is 0 Å². The van der Waals surface area contributed by atoms with Gasteiger partial charge in [-0.25, -0.2) is 22.9 Å². The molecule has 2 aromatic carbocycles. The number of amides is 1. The Bertz CT molecular complexity index is 1690. The van der Waals surface area contributed by atoms with Gasteiger partial charge >= 0.3 is 12.1 Å². The molecule has 5 rings (SSSR count). The Kier molecular flexibility index (Phi) is 8.01. The number of halogens is 1. The molecule has 1 saturated carbocycles. The lowest BCUT2D eigenvalue weighted by Gasteiger charge is -2.31. The van der Waals surface area contributed by atoms with E-state index in [9.17, 15) is 23.1 Å². The maximum atomic E-state index is 12.6. The number of hydrogen-bond donors (Lipinski definition) is 4. The number of sulfonamides is 1. The van der Waals surface area contributed by atoms with E-state index in [-0.39, 0.29) is 16.9 Å². The van der Waals surface area contributed by atoms with E-state index in [4.69, 9.17) is 16.3 Å². The predicted molar refractivity (Wildman–Crippen MR) is 162 cm³/mol. The van der Waals surface area contributed by atoms with Gasteiger partial charge in [0.2, 0.25) is 16.0 Å². The van der Waals surface area contributed by atoms with E-state index in [2.05, 4.69) is 25.3 Å². The molecule has 1 fully saturated rings.